The molecule has 10 heteroatoms. The van der Waals surface area contributed by atoms with Crippen molar-refractivity contribution in [1.82, 2.24) is 23.6 Å². The Morgan fingerprint density at radius 2 is 1.69 bits per heavy atom. The Labute approximate surface area is 193 Å². The minimum absolute atomic E-state index is 0.0634. The lowest BCUT2D eigenvalue weighted by Gasteiger charge is -2.33. The smallest absolute Gasteiger partial charge is 0.244 e. The number of nitrogens with zero attached hydrogens (tertiary/aromatic N) is 6. The molecule has 1 aromatic heterocycles. The highest BCUT2D eigenvalue weighted by Gasteiger charge is 2.30. The number of piperazine rings is 1. The third-order valence-corrected chi connectivity index (χ3v) is 7.97. The Bertz CT molecular complexity index is 1300. The first-order valence-electron chi connectivity index (χ1n) is 10.3. The summed E-state index contributed by atoms with van der Waals surface area (Å²) in [6.45, 7) is 4.91. The van der Waals surface area contributed by atoms with Crippen LogP contribution in [0.1, 0.15) is 17.0 Å². The van der Waals surface area contributed by atoms with Crippen molar-refractivity contribution in [2.75, 3.05) is 26.2 Å². The van der Waals surface area contributed by atoms with Crippen molar-refractivity contribution in [3.8, 4) is 6.07 Å². The van der Waals surface area contributed by atoms with Gasteiger partial charge in [-0.3, -0.25) is 9.47 Å². The van der Waals surface area contributed by atoms with Crippen LogP contribution in [-0.4, -0.2) is 58.1 Å². The molecule has 1 aliphatic rings. The Hall–Kier alpha value is -2.84. The highest BCUT2D eigenvalue weighted by molar-refractivity contribution is 7.89. The molecule has 0 unspecified atom stereocenters. The molecule has 0 bridgehead atoms. The molecule has 0 radical (unpaired) electrons. The van der Waals surface area contributed by atoms with E-state index in [9.17, 15) is 13.7 Å². The van der Waals surface area contributed by atoms with E-state index < -0.39 is 10.0 Å². The van der Waals surface area contributed by atoms with Crippen LogP contribution in [-0.2, 0) is 23.2 Å². The van der Waals surface area contributed by atoms with Crippen molar-refractivity contribution >= 4 is 22.2 Å². The number of nitriles is 1. The van der Waals surface area contributed by atoms with Gasteiger partial charge >= 0.3 is 0 Å². The summed E-state index contributed by atoms with van der Waals surface area (Å²) in [5.41, 5.74) is 1.32. The molecular weight excluding hydrogens is 444 g/mol. The number of aryl methyl sites for hydroxylation is 1. The Morgan fingerprint density at radius 3 is 2.38 bits per heavy atom. The van der Waals surface area contributed by atoms with Gasteiger partial charge in [0.15, 0.2) is 4.77 Å². The highest BCUT2D eigenvalue weighted by Crippen LogP contribution is 2.21. The largest absolute Gasteiger partial charge is 0.300 e. The highest BCUT2D eigenvalue weighted by atomic mass is 32.2. The predicted octanol–water partition coefficient (Wildman–Crippen LogP) is 2.61. The second-order valence-electron chi connectivity index (χ2n) is 7.67. The molecule has 1 fully saturated rings. The third kappa shape index (κ3) is 4.52. The number of aromatic nitrogens is 3. The number of benzene rings is 2. The maximum Gasteiger partial charge on any atom is 0.244 e. The van der Waals surface area contributed by atoms with Gasteiger partial charge in [0.05, 0.1) is 23.7 Å². The van der Waals surface area contributed by atoms with E-state index in [1.54, 1.807) is 16.8 Å². The molecule has 166 valence electrons. The van der Waals surface area contributed by atoms with Crippen LogP contribution in [0.3, 0.4) is 0 Å². The number of rotatable bonds is 6. The van der Waals surface area contributed by atoms with Crippen LogP contribution >= 0.6 is 12.2 Å². The quantitative estimate of drug-likeness (QED) is 0.517. The molecule has 3 aromatic rings. The molecule has 1 aliphatic heterocycles. The van der Waals surface area contributed by atoms with Crippen LogP contribution in [0.15, 0.2) is 59.5 Å². The van der Waals surface area contributed by atoms with E-state index in [1.165, 1.54) is 16.4 Å². The maximum atomic E-state index is 13.0. The van der Waals surface area contributed by atoms with Gasteiger partial charge in [-0.15, -0.1) is 0 Å². The fourth-order valence-corrected chi connectivity index (χ4v) is 5.67. The molecule has 2 aromatic carbocycles. The van der Waals surface area contributed by atoms with E-state index in [-0.39, 0.29) is 10.5 Å². The minimum Gasteiger partial charge on any atom is -0.300 e. The molecule has 1 saturated heterocycles. The van der Waals surface area contributed by atoms with Gasteiger partial charge in [-0.25, -0.2) is 13.1 Å². The van der Waals surface area contributed by atoms with Crippen LogP contribution in [0.2, 0.25) is 0 Å². The van der Waals surface area contributed by atoms with E-state index in [4.69, 9.17) is 12.2 Å². The summed E-state index contributed by atoms with van der Waals surface area (Å²) in [5.74, 6) is 0.841. The second kappa shape index (κ2) is 9.34. The maximum absolute atomic E-state index is 13.0. The van der Waals surface area contributed by atoms with Crippen LogP contribution in [0, 0.1) is 23.0 Å². The second-order valence-corrected chi connectivity index (χ2v) is 9.94. The van der Waals surface area contributed by atoms with E-state index in [2.05, 4.69) is 22.1 Å². The molecule has 0 spiro atoms. The standard InChI is InChI=1S/C22H24N6O2S2/c1-18-24-28(22(31)27(18)16-19-7-3-2-4-8-19)17-25-11-13-26(14-12-25)32(29,30)21-10-6-5-9-20(21)15-23/h2-10H,11-14,16-17H2,1H3. The third-order valence-electron chi connectivity index (χ3n) is 5.58. The van der Waals surface area contributed by atoms with Gasteiger partial charge in [0.2, 0.25) is 10.0 Å². The summed E-state index contributed by atoms with van der Waals surface area (Å²) in [6, 6.07) is 18.4. The van der Waals surface area contributed by atoms with Crippen LogP contribution < -0.4 is 0 Å². The summed E-state index contributed by atoms with van der Waals surface area (Å²) in [4.78, 5) is 2.20. The van der Waals surface area contributed by atoms with Gasteiger partial charge in [-0.2, -0.15) is 14.7 Å². The Kier molecular flexibility index (Phi) is 6.53. The average Bonchev–Trinajstić information content (AvgIpc) is 3.07. The van der Waals surface area contributed by atoms with E-state index in [1.807, 2.05) is 35.8 Å². The molecule has 0 amide bonds. The minimum atomic E-state index is -3.71. The summed E-state index contributed by atoms with van der Waals surface area (Å²) in [5, 5.41) is 13.9. The average molecular weight is 469 g/mol. The van der Waals surface area contributed by atoms with E-state index in [0.717, 1.165) is 11.4 Å². The zero-order valence-corrected chi connectivity index (χ0v) is 19.4. The van der Waals surface area contributed by atoms with Crippen molar-refractivity contribution in [3.05, 3.63) is 76.3 Å². The van der Waals surface area contributed by atoms with Gasteiger partial charge in [0.25, 0.3) is 0 Å². The molecule has 32 heavy (non-hydrogen) atoms. The van der Waals surface area contributed by atoms with Crippen molar-refractivity contribution in [2.24, 2.45) is 0 Å². The predicted molar refractivity (Wildman–Crippen MR) is 123 cm³/mol. The molecule has 0 atom stereocenters. The fraction of sp³-hybridized carbons (Fsp3) is 0.318. The Morgan fingerprint density at radius 1 is 1.03 bits per heavy atom. The monoisotopic (exact) mass is 468 g/mol. The lowest BCUT2D eigenvalue weighted by atomic mass is 10.2. The molecule has 8 nitrogen and oxygen atoms in total. The zero-order valence-electron chi connectivity index (χ0n) is 17.8. The van der Waals surface area contributed by atoms with Crippen molar-refractivity contribution in [2.45, 2.75) is 25.0 Å². The Balaban J connectivity index is 1.43. The number of sulfonamides is 1. The van der Waals surface area contributed by atoms with Crippen LogP contribution in [0.25, 0.3) is 0 Å². The van der Waals surface area contributed by atoms with Gasteiger partial charge in [-0.05, 0) is 36.8 Å². The molecule has 0 N–H and O–H groups in total. The van der Waals surface area contributed by atoms with E-state index >= 15 is 0 Å². The summed E-state index contributed by atoms with van der Waals surface area (Å²) < 4.78 is 31.9. The van der Waals surface area contributed by atoms with Gasteiger partial charge in [-0.1, -0.05) is 42.5 Å². The molecule has 4 rings (SSSR count). The zero-order chi connectivity index (χ0) is 22.7. The topological polar surface area (TPSA) is 87.2 Å². The van der Waals surface area contributed by atoms with Crippen molar-refractivity contribution in [1.29, 1.82) is 5.26 Å². The fourth-order valence-electron chi connectivity index (χ4n) is 3.81. The molecule has 0 saturated carbocycles. The van der Waals surface area contributed by atoms with E-state index in [0.29, 0.717) is 44.2 Å². The first-order chi connectivity index (χ1) is 15.4. The van der Waals surface area contributed by atoms with Crippen LogP contribution in [0.5, 0.6) is 0 Å². The lowest BCUT2D eigenvalue weighted by Crippen LogP contribution is -2.49. The summed E-state index contributed by atoms with van der Waals surface area (Å²) in [7, 11) is -3.71. The first-order valence-corrected chi connectivity index (χ1v) is 12.1. The lowest BCUT2D eigenvalue weighted by molar-refractivity contribution is 0.144. The van der Waals surface area contributed by atoms with Crippen LogP contribution in [0.4, 0.5) is 0 Å². The molecule has 2 heterocycles. The van der Waals surface area contributed by atoms with Gasteiger partial charge in [0.1, 0.15) is 11.9 Å². The normalized spacial score (nSPS) is 15.5. The number of hydrogen-bond acceptors (Lipinski definition) is 6. The van der Waals surface area contributed by atoms with Crippen molar-refractivity contribution < 1.29 is 8.42 Å². The summed E-state index contributed by atoms with van der Waals surface area (Å²) in [6.07, 6.45) is 0. The summed E-state index contributed by atoms with van der Waals surface area (Å²) >= 11 is 5.65. The number of hydrogen-bond donors (Lipinski definition) is 0. The van der Waals surface area contributed by atoms with Gasteiger partial charge < -0.3 is 0 Å². The van der Waals surface area contributed by atoms with Crippen molar-refractivity contribution in [3.63, 3.8) is 0 Å². The van der Waals surface area contributed by atoms with Gasteiger partial charge in [0, 0.05) is 26.2 Å². The SMILES string of the molecule is Cc1nn(CN2CCN(S(=O)(=O)c3ccccc3C#N)CC2)c(=S)n1Cc1ccccc1. The first kappa shape index (κ1) is 22.4. The molecular formula is C22H24N6O2S2. The molecule has 0 aliphatic carbocycles.